The van der Waals surface area contributed by atoms with Gasteiger partial charge >= 0.3 is 0 Å². The highest BCUT2D eigenvalue weighted by molar-refractivity contribution is 9.10. The molecule has 1 spiro atoms. The Morgan fingerprint density at radius 1 is 1.40 bits per heavy atom. The Bertz CT molecular complexity index is 711. The molecule has 0 atom stereocenters. The lowest BCUT2D eigenvalue weighted by Crippen LogP contribution is -2.52. The molecule has 3 aliphatic rings. The second-order valence-electron chi connectivity index (χ2n) is 7.69. The Morgan fingerprint density at radius 2 is 2.16 bits per heavy atom. The van der Waals surface area contributed by atoms with E-state index in [1.807, 2.05) is 12.1 Å². The quantitative estimate of drug-likeness (QED) is 0.816. The molecule has 1 aromatic carbocycles. The summed E-state index contributed by atoms with van der Waals surface area (Å²) >= 11 is 3.50. The first-order chi connectivity index (χ1) is 12.0. The fourth-order valence-electron chi connectivity index (χ4n) is 4.21. The van der Waals surface area contributed by atoms with Crippen molar-refractivity contribution in [1.82, 2.24) is 10.2 Å². The van der Waals surface area contributed by atoms with Crippen molar-refractivity contribution in [3.8, 4) is 0 Å². The number of nitrogens with one attached hydrogen (secondary N) is 1. The first-order valence-corrected chi connectivity index (χ1v) is 9.68. The Morgan fingerprint density at radius 3 is 2.84 bits per heavy atom. The van der Waals surface area contributed by atoms with Gasteiger partial charge in [0.1, 0.15) is 0 Å². The van der Waals surface area contributed by atoms with Crippen molar-refractivity contribution >= 4 is 27.7 Å². The van der Waals surface area contributed by atoms with Crippen LogP contribution in [0.3, 0.4) is 0 Å². The largest absolute Gasteiger partial charge is 0.384 e. The molecule has 0 bridgehead atoms. The van der Waals surface area contributed by atoms with Gasteiger partial charge in [-0.1, -0.05) is 15.9 Å². The van der Waals surface area contributed by atoms with E-state index in [2.05, 4.69) is 27.3 Å². The van der Waals surface area contributed by atoms with Gasteiger partial charge in [0.05, 0.1) is 6.54 Å². The van der Waals surface area contributed by atoms with Crippen LogP contribution in [0.5, 0.6) is 0 Å². The molecular formula is C19H23BrN2O3. The SMILES string of the molecule is COCC1CC(NC(=O)CN2CC3(CC3)c3cc(Br)ccc3C2=O)C1. The molecule has 0 aromatic heterocycles. The number of carbonyl (C=O) groups is 2. The molecule has 1 aromatic rings. The van der Waals surface area contributed by atoms with Crippen LogP contribution < -0.4 is 5.32 Å². The Hall–Kier alpha value is -1.40. The van der Waals surface area contributed by atoms with Crippen LogP contribution in [0.2, 0.25) is 0 Å². The van der Waals surface area contributed by atoms with Gasteiger partial charge in [-0.05, 0) is 55.4 Å². The molecule has 2 amide bonds. The maximum absolute atomic E-state index is 12.8. The van der Waals surface area contributed by atoms with Crippen LogP contribution >= 0.6 is 15.9 Å². The third kappa shape index (κ3) is 3.22. The lowest BCUT2D eigenvalue weighted by molar-refractivity contribution is -0.123. The average Bonchev–Trinajstić information content (AvgIpc) is 3.31. The molecule has 0 unspecified atom stereocenters. The van der Waals surface area contributed by atoms with E-state index in [0.717, 1.165) is 47.9 Å². The van der Waals surface area contributed by atoms with E-state index in [4.69, 9.17) is 4.74 Å². The van der Waals surface area contributed by atoms with Crippen molar-refractivity contribution in [3.05, 3.63) is 33.8 Å². The summed E-state index contributed by atoms with van der Waals surface area (Å²) in [5.41, 5.74) is 1.96. The standard InChI is InChI=1S/C19H23BrN2O3/c1-25-10-12-6-14(7-12)21-17(23)9-22-11-19(4-5-19)16-8-13(20)2-3-15(16)18(22)24/h2-3,8,12,14H,4-7,9-11H2,1H3,(H,21,23). The number of carbonyl (C=O) groups excluding carboxylic acids is 2. The van der Waals surface area contributed by atoms with Crippen molar-refractivity contribution < 1.29 is 14.3 Å². The number of halogens is 1. The van der Waals surface area contributed by atoms with E-state index >= 15 is 0 Å². The maximum atomic E-state index is 12.8. The van der Waals surface area contributed by atoms with Crippen molar-refractivity contribution in [2.45, 2.75) is 37.1 Å². The van der Waals surface area contributed by atoms with E-state index in [-0.39, 0.29) is 29.8 Å². The molecule has 1 N–H and O–H groups in total. The van der Waals surface area contributed by atoms with Crippen LogP contribution in [0.1, 0.15) is 41.6 Å². The van der Waals surface area contributed by atoms with Crippen LogP contribution in [-0.4, -0.2) is 49.6 Å². The van der Waals surface area contributed by atoms with Crippen molar-refractivity contribution in [2.24, 2.45) is 5.92 Å². The van der Waals surface area contributed by atoms with Crippen molar-refractivity contribution in [3.63, 3.8) is 0 Å². The second-order valence-corrected chi connectivity index (χ2v) is 8.60. The highest BCUT2D eigenvalue weighted by Gasteiger charge is 2.51. The van der Waals surface area contributed by atoms with Gasteiger partial charge in [0.15, 0.2) is 0 Å². The van der Waals surface area contributed by atoms with Gasteiger partial charge in [-0.2, -0.15) is 0 Å². The summed E-state index contributed by atoms with van der Waals surface area (Å²) in [5, 5.41) is 3.06. The van der Waals surface area contributed by atoms with Crippen LogP contribution in [0, 0.1) is 5.92 Å². The molecule has 2 saturated carbocycles. The predicted molar refractivity (Wildman–Crippen MR) is 97.5 cm³/mol. The molecule has 1 aliphatic heterocycles. The van der Waals surface area contributed by atoms with Crippen LogP contribution in [-0.2, 0) is 14.9 Å². The zero-order valence-corrected chi connectivity index (χ0v) is 16.0. The summed E-state index contributed by atoms with van der Waals surface area (Å²) in [6, 6.07) is 6.08. The van der Waals surface area contributed by atoms with Crippen LogP contribution in [0.25, 0.3) is 0 Å². The zero-order valence-electron chi connectivity index (χ0n) is 14.4. The number of ether oxygens (including phenoxy) is 1. The minimum atomic E-state index is -0.0504. The molecule has 6 heteroatoms. The molecule has 5 nitrogen and oxygen atoms in total. The van der Waals surface area contributed by atoms with Crippen LogP contribution in [0.15, 0.2) is 22.7 Å². The van der Waals surface area contributed by atoms with Gasteiger partial charge in [-0.15, -0.1) is 0 Å². The maximum Gasteiger partial charge on any atom is 0.254 e. The number of amides is 2. The summed E-state index contributed by atoms with van der Waals surface area (Å²) in [6.45, 7) is 1.56. The molecule has 2 aliphatic carbocycles. The van der Waals surface area contributed by atoms with Gasteiger partial charge in [0, 0.05) is 41.8 Å². The minimum Gasteiger partial charge on any atom is -0.384 e. The van der Waals surface area contributed by atoms with Gasteiger partial charge in [-0.25, -0.2) is 0 Å². The fourth-order valence-corrected chi connectivity index (χ4v) is 4.57. The van der Waals surface area contributed by atoms with Gasteiger partial charge in [0.25, 0.3) is 5.91 Å². The summed E-state index contributed by atoms with van der Waals surface area (Å²) in [4.78, 5) is 26.9. The number of methoxy groups -OCH3 is 1. The lowest BCUT2D eigenvalue weighted by atomic mass is 9.81. The molecule has 25 heavy (non-hydrogen) atoms. The summed E-state index contributed by atoms with van der Waals surface area (Å²) in [6.07, 6.45) is 4.11. The Kier molecular flexibility index (Phi) is 4.36. The molecule has 134 valence electrons. The third-order valence-electron chi connectivity index (χ3n) is 5.76. The number of fused-ring (bicyclic) bond motifs is 2. The molecular weight excluding hydrogens is 384 g/mol. The van der Waals surface area contributed by atoms with E-state index in [1.165, 1.54) is 0 Å². The predicted octanol–water partition coefficient (Wildman–Crippen LogP) is 2.48. The van der Waals surface area contributed by atoms with Gasteiger partial charge < -0.3 is 15.0 Å². The topological polar surface area (TPSA) is 58.6 Å². The molecule has 2 fully saturated rings. The lowest BCUT2D eigenvalue weighted by Gasteiger charge is -2.37. The number of benzene rings is 1. The first-order valence-electron chi connectivity index (χ1n) is 8.88. The van der Waals surface area contributed by atoms with E-state index < -0.39 is 0 Å². The Labute approximate surface area is 156 Å². The molecule has 0 radical (unpaired) electrons. The summed E-state index contributed by atoms with van der Waals surface area (Å²) in [5.74, 6) is 0.471. The molecule has 0 saturated heterocycles. The minimum absolute atomic E-state index is 0.0268. The van der Waals surface area contributed by atoms with E-state index in [1.54, 1.807) is 12.0 Å². The molecule has 1 heterocycles. The highest BCUT2D eigenvalue weighted by Crippen LogP contribution is 2.52. The number of rotatable bonds is 5. The summed E-state index contributed by atoms with van der Waals surface area (Å²) in [7, 11) is 1.71. The van der Waals surface area contributed by atoms with Crippen molar-refractivity contribution in [1.29, 1.82) is 0 Å². The number of hydrogen-bond donors (Lipinski definition) is 1. The fraction of sp³-hybridized carbons (Fsp3) is 0.579. The third-order valence-corrected chi connectivity index (χ3v) is 6.25. The smallest absolute Gasteiger partial charge is 0.254 e. The Balaban J connectivity index is 1.40. The summed E-state index contributed by atoms with van der Waals surface area (Å²) < 4.78 is 6.14. The number of nitrogens with zero attached hydrogens (tertiary/aromatic N) is 1. The number of hydrogen-bond acceptors (Lipinski definition) is 3. The molecule has 4 rings (SSSR count). The van der Waals surface area contributed by atoms with Crippen LogP contribution in [0.4, 0.5) is 0 Å². The normalized spacial score (nSPS) is 26.2. The first kappa shape index (κ1) is 17.0. The average molecular weight is 407 g/mol. The monoisotopic (exact) mass is 406 g/mol. The highest BCUT2D eigenvalue weighted by atomic mass is 79.9. The van der Waals surface area contributed by atoms with E-state index in [0.29, 0.717) is 12.5 Å². The van der Waals surface area contributed by atoms with Gasteiger partial charge in [-0.3, -0.25) is 9.59 Å². The zero-order chi connectivity index (χ0) is 17.6. The van der Waals surface area contributed by atoms with Crippen molar-refractivity contribution in [2.75, 3.05) is 26.8 Å². The second kappa shape index (κ2) is 6.40. The van der Waals surface area contributed by atoms with Gasteiger partial charge in [0.2, 0.25) is 5.91 Å². The van der Waals surface area contributed by atoms with E-state index in [9.17, 15) is 9.59 Å².